The standard InChI is InChI=1S/C23H26O5Si/c1-14(2)23(3,4)29-28-18-8-7-16(11-20(18)25-5)19-12-17-9-15(13-24)10-21(26-6)22(17)27-19/h7-14H,1-6H3. The van der Waals surface area contributed by atoms with Crippen LogP contribution in [0.5, 0.6) is 17.2 Å². The van der Waals surface area contributed by atoms with Crippen LogP contribution in [0, 0.1) is 5.92 Å². The van der Waals surface area contributed by atoms with Crippen molar-refractivity contribution < 1.29 is 23.1 Å². The summed E-state index contributed by atoms with van der Waals surface area (Å²) in [4.78, 5) is 11.2. The predicted octanol–water partition coefficient (Wildman–Crippen LogP) is 5.78. The third kappa shape index (κ3) is 4.32. The number of carbonyl (C=O) groups is 1. The lowest BCUT2D eigenvalue weighted by molar-refractivity contribution is 0.112. The van der Waals surface area contributed by atoms with Gasteiger partial charge in [0, 0.05) is 16.5 Å². The van der Waals surface area contributed by atoms with Crippen LogP contribution in [0.1, 0.15) is 38.1 Å². The number of aldehydes is 1. The second-order valence-corrected chi connectivity index (χ2v) is 9.51. The fourth-order valence-electron chi connectivity index (χ4n) is 2.71. The highest BCUT2D eigenvalue weighted by Crippen LogP contribution is 2.39. The molecule has 0 aliphatic heterocycles. The Balaban J connectivity index is 1.94. The summed E-state index contributed by atoms with van der Waals surface area (Å²) in [6.07, 6.45) is 0.795. The van der Waals surface area contributed by atoms with Crippen molar-refractivity contribution >= 4 is 27.0 Å². The van der Waals surface area contributed by atoms with Gasteiger partial charge in [0.15, 0.2) is 17.1 Å². The number of hydrogen-bond donors (Lipinski definition) is 0. The molecule has 0 fully saturated rings. The quantitative estimate of drug-likeness (QED) is 0.348. The van der Waals surface area contributed by atoms with Crippen LogP contribution in [0.3, 0.4) is 0 Å². The van der Waals surface area contributed by atoms with E-state index in [4.69, 9.17) is 18.3 Å². The van der Waals surface area contributed by atoms with Gasteiger partial charge in [-0.05, 0) is 47.4 Å². The zero-order valence-electron chi connectivity index (χ0n) is 17.7. The van der Waals surface area contributed by atoms with Crippen LogP contribution in [0.25, 0.3) is 22.3 Å². The molecule has 1 aromatic heterocycles. The molecule has 0 unspecified atom stereocenters. The molecule has 0 amide bonds. The molecule has 2 radical (unpaired) electrons. The van der Waals surface area contributed by atoms with E-state index in [2.05, 4.69) is 27.7 Å². The Morgan fingerprint density at radius 3 is 2.34 bits per heavy atom. The normalized spacial score (nSPS) is 11.7. The molecule has 1 heterocycles. The van der Waals surface area contributed by atoms with Gasteiger partial charge in [-0.1, -0.05) is 27.7 Å². The van der Waals surface area contributed by atoms with Gasteiger partial charge < -0.3 is 18.3 Å². The Labute approximate surface area is 173 Å². The third-order valence-electron chi connectivity index (χ3n) is 5.28. The minimum atomic E-state index is 0.0786. The Hall–Kier alpha value is -2.73. The molecule has 0 saturated carbocycles. The van der Waals surface area contributed by atoms with Gasteiger partial charge in [-0.2, -0.15) is 0 Å². The van der Waals surface area contributed by atoms with Gasteiger partial charge in [0.2, 0.25) is 0 Å². The second-order valence-electron chi connectivity index (χ2n) is 7.82. The summed E-state index contributed by atoms with van der Waals surface area (Å²) in [7, 11) is 3.50. The van der Waals surface area contributed by atoms with E-state index in [0.717, 1.165) is 17.2 Å². The zero-order valence-corrected chi connectivity index (χ0v) is 18.7. The van der Waals surface area contributed by atoms with Crippen molar-refractivity contribution in [1.29, 1.82) is 0 Å². The maximum Gasteiger partial charge on any atom is 0.317 e. The van der Waals surface area contributed by atoms with Crippen molar-refractivity contribution in [2.45, 2.75) is 32.7 Å². The van der Waals surface area contributed by atoms with Gasteiger partial charge in [0.05, 0.1) is 14.2 Å². The van der Waals surface area contributed by atoms with E-state index in [0.29, 0.717) is 49.8 Å². The highest BCUT2D eigenvalue weighted by atomic mass is 28.2. The summed E-state index contributed by atoms with van der Waals surface area (Å²) in [6.45, 7) is 8.80. The van der Waals surface area contributed by atoms with Crippen molar-refractivity contribution in [3.05, 3.63) is 42.0 Å². The topological polar surface area (TPSA) is 57.9 Å². The molecule has 0 atom stereocenters. The van der Waals surface area contributed by atoms with Crippen molar-refractivity contribution in [2.24, 2.45) is 5.92 Å². The lowest BCUT2D eigenvalue weighted by atomic mass is 9.99. The molecule has 0 aliphatic rings. The minimum Gasteiger partial charge on any atom is -0.538 e. The van der Waals surface area contributed by atoms with Crippen LogP contribution < -0.4 is 13.9 Å². The maximum atomic E-state index is 11.2. The van der Waals surface area contributed by atoms with E-state index in [1.807, 2.05) is 24.3 Å². The highest BCUT2D eigenvalue weighted by molar-refractivity contribution is 6.33. The second kappa shape index (κ2) is 8.33. The Kier molecular flexibility index (Phi) is 6.03. The average Bonchev–Trinajstić information content (AvgIpc) is 3.15. The summed E-state index contributed by atoms with van der Waals surface area (Å²) in [5.41, 5.74) is 2.00. The van der Waals surface area contributed by atoms with Crippen molar-refractivity contribution in [3.8, 4) is 28.6 Å². The van der Waals surface area contributed by atoms with E-state index in [1.54, 1.807) is 26.4 Å². The highest BCUT2D eigenvalue weighted by Gasteiger charge is 2.27. The molecule has 0 N–H and O–H groups in total. The molecule has 3 aromatic rings. The van der Waals surface area contributed by atoms with Crippen LogP contribution >= 0.6 is 0 Å². The van der Waals surface area contributed by atoms with E-state index in [1.165, 1.54) is 0 Å². The fourth-order valence-corrected chi connectivity index (χ4v) is 3.49. The van der Waals surface area contributed by atoms with Crippen molar-refractivity contribution in [1.82, 2.24) is 0 Å². The first-order valence-corrected chi connectivity index (χ1v) is 10.4. The van der Waals surface area contributed by atoms with E-state index >= 15 is 0 Å². The molecule has 29 heavy (non-hydrogen) atoms. The molecule has 0 aliphatic carbocycles. The Morgan fingerprint density at radius 2 is 1.72 bits per heavy atom. The van der Waals surface area contributed by atoms with Crippen molar-refractivity contribution in [3.63, 3.8) is 0 Å². The first-order valence-electron chi connectivity index (χ1n) is 9.48. The molecule has 5 nitrogen and oxygen atoms in total. The largest absolute Gasteiger partial charge is 0.538 e. The molecular weight excluding hydrogens is 384 g/mol. The Bertz CT molecular complexity index is 1020. The van der Waals surface area contributed by atoms with Gasteiger partial charge in [-0.25, -0.2) is 0 Å². The first-order chi connectivity index (χ1) is 13.8. The summed E-state index contributed by atoms with van der Waals surface area (Å²) in [6, 6.07) is 11.1. The van der Waals surface area contributed by atoms with E-state index in [9.17, 15) is 4.79 Å². The zero-order chi connectivity index (χ0) is 21.2. The average molecular weight is 411 g/mol. The lowest BCUT2D eigenvalue weighted by Crippen LogP contribution is -2.24. The predicted molar refractivity (Wildman–Crippen MR) is 115 cm³/mol. The summed E-state index contributed by atoms with van der Waals surface area (Å²) in [5.74, 6) is 3.06. The number of fused-ring (bicyclic) bond motifs is 1. The number of rotatable bonds is 8. The van der Waals surface area contributed by atoms with Gasteiger partial charge in [-0.15, -0.1) is 0 Å². The molecule has 0 bridgehead atoms. The number of carbonyl (C=O) groups excluding carboxylic acids is 1. The summed E-state index contributed by atoms with van der Waals surface area (Å²) in [5, 5.41) is 0.885. The Morgan fingerprint density at radius 1 is 1.00 bits per heavy atom. The number of ether oxygens (including phenoxy) is 2. The smallest absolute Gasteiger partial charge is 0.317 e. The van der Waals surface area contributed by atoms with Gasteiger partial charge in [0.1, 0.15) is 17.8 Å². The summed E-state index contributed by atoms with van der Waals surface area (Å²) < 4.78 is 23.0. The number of methoxy groups -OCH3 is 2. The fraction of sp³-hybridized carbons (Fsp3) is 0.348. The minimum absolute atomic E-state index is 0.0786. The molecule has 2 aromatic carbocycles. The van der Waals surface area contributed by atoms with Crippen LogP contribution in [0.15, 0.2) is 40.8 Å². The first kappa shape index (κ1) is 21.0. The maximum absolute atomic E-state index is 11.2. The van der Waals surface area contributed by atoms with Gasteiger partial charge >= 0.3 is 9.76 Å². The van der Waals surface area contributed by atoms with E-state index < -0.39 is 0 Å². The van der Waals surface area contributed by atoms with Gasteiger partial charge in [0.25, 0.3) is 0 Å². The molecule has 0 spiro atoms. The number of benzene rings is 2. The number of hydrogen-bond acceptors (Lipinski definition) is 5. The van der Waals surface area contributed by atoms with Crippen molar-refractivity contribution in [2.75, 3.05) is 14.2 Å². The number of furan rings is 1. The van der Waals surface area contributed by atoms with Crippen LogP contribution in [-0.2, 0) is 0 Å². The molecule has 3 rings (SSSR count). The molecule has 6 heteroatoms. The van der Waals surface area contributed by atoms with Crippen LogP contribution in [0.2, 0.25) is 5.04 Å². The summed E-state index contributed by atoms with van der Waals surface area (Å²) >= 11 is 0. The molecule has 152 valence electrons. The molecular formula is C23H26O5Si. The third-order valence-corrected chi connectivity index (χ3v) is 6.70. The van der Waals surface area contributed by atoms with Gasteiger partial charge in [-0.3, -0.25) is 4.79 Å². The molecule has 0 saturated heterocycles. The van der Waals surface area contributed by atoms with E-state index in [-0.39, 0.29) is 5.04 Å². The monoisotopic (exact) mass is 410 g/mol. The van der Waals surface area contributed by atoms with Crippen LogP contribution in [0.4, 0.5) is 0 Å². The lowest BCUT2D eigenvalue weighted by Gasteiger charge is -2.27. The van der Waals surface area contributed by atoms with Crippen LogP contribution in [-0.4, -0.2) is 30.3 Å². The SMILES string of the molecule is COc1cc(-c2cc3cc(C=O)cc(OC)c3o2)ccc1O[Si]C(C)(C)C(C)C.